The number of ketones is 1. The van der Waals surface area contributed by atoms with Crippen LogP contribution in [0.4, 0.5) is 0 Å². The van der Waals surface area contributed by atoms with Gasteiger partial charge in [0.25, 0.3) is 0 Å². The first-order chi connectivity index (χ1) is 7.24. The molecule has 0 saturated heterocycles. The normalized spacial score (nSPS) is 24.6. The van der Waals surface area contributed by atoms with Gasteiger partial charge in [0.05, 0.1) is 5.56 Å². The molecular formula is C12H11BrO2. The van der Waals surface area contributed by atoms with Crippen molar-refractivity contribution >= 4 is 21.7 Å². The molecule has 2 aliphatic rings. The van der Waals surface area contributed by atoms with Gasteiger partial charge in [-0.05, 0) is 37.0 Å². The predicted molar refractivity (Wildman–Crippen MR) is 60.2 cm³/mol. The Morgan fingerprint density at radius 2 is 2.13 bits per heavy atom. The quantitative estimate of drug-likeness (QED) is 0.781. The fourth-order valence-corrected chi connectivity index (χ4v) is 2.39. The van der Waals surface area contributed by atoms with E-state index in [1.807, 2.05) is 18.2 Å². The highest BCUT2D eigenvalue weighted by Crippen LogP contribution is 2.40. The third-order valence-electron chi connectivity index (χ3n) is 3.06. The van der Waals surface area contributed by atoms with Crippen LogP contribution in [0.2, 0.25) is 0 Å². The summed E-state index contributed by atoms with van der Waals surface area (Å²) in [5, 5.41) is 0. The lowest BCUT2D eigenvalue weighted by atomic mass is 9.98. The summed E-state index contributed by atoms with van der Waals surface area (Å²) in [4.78, 5) is 11.8. The molecule has 1 fully saturated rings. The molecule has 0 spiro atoms. The number of carbonyl (C=O) groups excluding carboxylic acids is 1. The van der Waals surface area contributed by atoms with Gasteiger partial charge in [-0.3, -0.25) is 4.79 Å². The zero-order valence-electron chi connectivity index (χ0n) is 8.20. The van der Waals surface area contributed by atoms with Crippen LogP contribution in [-0.4, -0.2) is 11.9 Å². The number of rotatable bonds is 1. The molecule has 1 aliphatic carbocycles. The van der Waals surface area contributed by atoms with Gasteiger partial charge in [-0.2, -0.15) is 0 Å². The molecule has 1 aromatic carbocycles. The molecule has 1 aromatic rings. The highest BCUT2D eigenvalue weighted by molar-refractivity contribution is 9.10. The van der Waals surface area contributed by atoms with Gasteiger partial charge in [0, 0.05) is 10.9 Å². The molecule has 0 bridgehead atoms. The van der Waals surface area contributed by atoms with Gasteiger partial charge in [-0.15, -0.1) is 0 Å². The average Bonchev–Trinajstić information content (AvgIpc) is 2.99. The number of halogens is 1. The summed E-state index contributed by atoms with van der Waals surface area (Å²) in [6.45, 7) is 0. The van der Waals surface area contributed by atoms with E-state index in [0.29, 0.717) is 12.3 Å². The summed E-state index contributed by atoms with van der Waals surface area (Å²) in [5.74, 6) is 1.58. The smallest absolute Gasteiger partial charge is 0.170 e. The van der Waals surface area contributed by atoms with Crippen LogP contribution in [0, 0.1) is 5.92 Å². The third-order valence-corrected chi connectivity index (χ3v) is 3.55. The number of fused-ring (bicyclic) bond motifs is 1. The van der Waals surface area contributed by atoms with Crippen molar-refractivity contribution in [3.8, 4) is 5.75 Å². The molecule has 0 radical (unpaired) electrons. The van der Waals surface area contributed by atoms with Gasteiger partial charge in [0.2, 0.25) is 0 Å². The van der Waals surface area contributed by atoms with Gasteiger partial charge >= 0.3 is 0 Å². The molecule has 3 heteroatoms. The minimum atomic E-state index is 0.124. The van der Waals surface area contributed by atoms with E-state index in [0.717, 1.165) is 15.8 Å². The second-order valence-corrected chi connectivity index (χ2v) is 5.18. The number of ether oxygens (including phenoxy) is 1. The van der Waals surface area contributed by atoms with Crippen LogP contribution >= 0.6 is 15.9 Å². The van der Waals surface area contributed by atoms with E-state index in [9.17, 15) is 4.79 Å². The first-order valence-electron chi connectivity index (χ1n) is 5.23. The highest BCUT2D eigenvalue weighted by Gasteiger charge is 2.38. The maximum absolute atomic E-state index is 11.8. The summed E-state index contributed by atoms with van der Waals surface area (Å²) >= 11 is 3.39. The van der Waals surface area contributed by atoms with Gasteiger partial charge in [-0.1, -0.05) is 15.9 Å². The van der Waals surface area contributed by atoms with Crippen molar-refractivity contribution in [3.63, 3.8) is 0 Å². The van der Waals surface area contributed by atoms with E-state index in [2.05, 4.69) is 15.9 Å². The summed E-state index contributed by atoms with van der Waals surface area (Å²) in [5.41, 5.74) is 0.732. The Labute approximate surface area is 96.8 Å². The van der Waals surface area contributed by atoms with E-state index >= 15 is 0 Å². The molecule has 15 heavy (non-hydrogen) atoms. The molecular weight excluding hydrogens is 256 g/mol. The second-order valence-electron chi connectivity index (χ2n) is 4.26. The third kappa shape index (κ3) is 1.69. The van der Waals surface area contributed by atoms with Crippen LogP contribution < -0.4 is 4.74 Å². The van der Waals surface area contributed by atoms with Crippen molar-refractivity contribution in [2.45, 2.75) is 25.4 Å². The molecule has 0 N–H and O–H groups in total. The van der Waals surface area contributed by atoms with E-state index in [1.165, 1.54) is 12.8 Å². The molecule has 0 aromatic heterocycles. The molecule has 1 unspecified atom stereocenters. The minimum absolute atomic E-state index is 0.124. The summed E-state index contributed by atoms with van der Waals surface area (Å²) in [6.07, 6.45) is 3.10. The number of hydrogen-bond donors (Lipinski definition) is 0. The van der Waals surface area contributed by atoms with Crippen LogP contribution in [0.3, 0.4) is 0 Å². The van der Waals surface area contributed by atoms with Gasteiger partial charge in [-0.25, -0.2) is 0 Å². The summed E-state index contributed by atoms with van der Waals surface area (Å²) in [6, 6.07) is 5.62. The van der Waals surface area contributed by atoms with Crippen molar-refractivity contribution < 1.29 is 9.53 Å². The lowest BCUT2D eigenvalue weighted by Crippen LogP contribution is -2.28. The maximum atomic E-state index is 11.8. The fourth-order valence-electron chi connectivity index (χ4n) is 2.05. The second kappa shape index (κ2) is 3.34. The van der Waals surface area contributed by atoms with Crippen molar-refractivity contribution in [2.24, 2.45) is 5.92 Å². The van der Waals surface area contributed by atoms with E-state index in [-0.39, 0.29) is 11.9 Å². The van der Waals surface area contributed by atoms with Crippen molar-refractivity contribution in [3.05, 3.63) is 28.2 Å². The highest BCUT2D eigenvalue weighted by atomic mass is 79.9. The molecule has 1 heterocycles. The van der Waals surface area contributed by atoms with Gasteiger partial charge in [0.15, 0.2) is 5.78 Å². The molecule has 1 aliphatic heterocycles. The zero-order valence-corrected chi connectivity index (χ0v) is 9.79. The van der Waals surface area contributed by atoms with Crippen LogP contribution in [0.5, 0.6) is 5.75 Å². The molecule has 1 atom stereocenters. The monoisotopic (exact) mass is 266 g/mol. The van der Waals surface area contributed by atoms with E-state index < -0.39 is 0 Å². The Kier molecular flexibility index (Phi) is 2.09. The Balaban J connectivity index is 1.97. The Morgan fingerprint density at radius 3 is 2.87 bits per heavy atom. The molecule has 78 valence electrons. The predicted octanol–water partition coefficient (Wildman–Crippen LogP) is 3.19. The first kappa shape index (κ1) is 9.40. The molecule has 2 nitrogen and oxygen atoms in total. The Bertz CT molecular complexity index is 424. The van der Waals surface area contributed by atoms with Gasteiger partial charge < -0.3 is 4.74 Å². The van der Waals surface area contributed by atoms with Crippen molar-refractivity contribution in [1.82, 2.24) is 0 Å². The fraction of sp³-hybridized carbons (Fsp3) is 0.417. The number of carbonyl (C=O) groups is 1. The number of hydrogen-bond acceptors (Lipinski definition) is 2. The van der Waals surface area contributed by atoms with Crippen LogP contribution in [0.25, 0.3) is 0 Å². The zero-order chi connectivity index (χ0) is 10.4. The van der Waals surface area contributed by atoms with E-state index in [1.54, 1.807) is 0 Å². The lowest BCUT2D eigenvalue weighted by molar-refractivity contribution is 0.0819. The van der Waals surface area contributed by atoms with Crippen molar-refractivity contribution in [2.75, 3.05) is 0 Å². The molecule has 1 saturated carbocycles. The Hall–Kier alpha value is -0.830. The van der Waals surface area contributed by atoms with E-state index in [4.69, 9.17) is 4.74 Å². The molecule has 3 rings (SSSR count). The van der Waals surface area contributed by atoms with Gasteiger partial charge in [0.1, 0.15) is 11.9 Å². The lowest BCUT2D eigenvalue weighted by Gasteiger charge is -2.25. The first-order valence-corrected chi connectivity index (χ1v) is 6.03. The standard InChI is InChI=1S/C12H11BrO2/c13-8-3-4-9-10(14)6-11(7-1-2-7)15-12(9)5-8/h3-5,7,11H,1-2,6H2. The maximum Gasteiger partial charge on any atom is 0.170 e. The van der Waals surface area contributed by atoms with Crippen LogP contribution in [0.15, 0.2) is 22.7 Å². The number of Topliss-reactive ketones (excluding diaryl/α,β-unsaturated/α-hetero) is 1. The Morgan fingerprint density at radius 1 is 1.33 bits per heavy atom. The van der Waals surface area contributed by atoms with Crippen molar-refractivity contribution in [1.29, 1.82) is 0 Å². The van der Waals surface area contributed by atoms with Crippen LogP contribution in [-0.2, 0) is 0 Å². The van der Waals surface area contributed by atoms with Crippen LogP contribution in [0.1, 0.15) is 29.6 Å². The molecule has 0 amide bonds. The largest absolute Gasteiger partial charge is 0.489 e. The SMILES string of the molecule is O=C1CC(C2CC2)Oc2cc(Br)ccc21. The summed E-state index contributed by atoms with van der Waals surface area (Å²) < 4.78 is 6.82. The topological polar surface area (TPSA) is 26.3 Å². The number of benzene rings is 1. The average molecular weight is 267 g/mol. The minimum Gasteiger partial charge on any atom is -0.489 e. The summed E-state index contributed by atoms with van der Waals surface area (Å²) in [7, 11) is 0.